The third-order valence-corrected chi connectivity index (χ3v) is 6.32. The van der Waals surface area contributed by atoms with Gasteiger partial charge >= 0.3 is 0 Å². The largest absolute Gasteiger partial charge is 0.387 e. The van der Waals surface area contributed by atoms with E-state index in [9.17, 15) is 13.5 Å². The molecule has 1 saturated heterocycles. The number of fused-ring (bicyclic) bond motifs is 1. The van der Waals surface area contributed by atoms with Crippen molar-refractivity contribution in [2.45, 2.75) is 38.7 Å². The zero-order chi connectivity index (χ0) is 17.3. The average molecular weight is 353 g/mol. The minimum Gasteiger partial charge on any atom is -0.387 e. The highest BCUT2D eigenvalue weighted by atomic mass is 32.2. The van der Waals surface area contributed by atoms with Crippen molar-refractivity contribution in [1.29, 1.82) is 0 Å². The number of benzene rings is 1. The molecule has 3 rings (SSSR count). The first-order valence-corrected chi connectivity index (χ1v) is 10.7. The molecular weight excluding hydrogens is 324 g/mol. The van der Waals surface area contributed by atoms with Crippen molar-refractivity contribution in [3.8, 4) is 0 Å². The molecule has 2 aliphatic rings. The number of anilines is 1. The van der Waals surface area contributed by atoms with Crippen LogP contribution in [0.2, 0.25) is 0 Å². The molecule has 24 heavy (non-hydrogen) atoms. The summed E-state index contributed by atoms with van der Waals surface area (Å²) in [5.41, 5.74) is 2.68. The third-order valence-electron chi connectivity index (χ3n) is 5.14. The molecule has 0 saturated carbocycles. The van der Waals surface area contributed by atoms with E-state index in [0.717, 1.165) is 42.7 Å². The summed E-state index contributed by atoms with van der Waals surface area (Å²) in [6, 6.07) is 5.72. The fourth-order valence-corrected chi connectivity index (χ4v) is 4.93. The van der Waals surface area contributed by atoms with Crippen LogP contribution in [0.3, 0.4) is 0 Å². The highest BCUT2D eigenvalue weighted by Gasteiger charge is 2.25. The molecular formula is C18H28N2O3S. The monoisotopic (exact) mass is 352 g/mol. The van der Waals surface area contributed by atoms with Gasteiger partial charge in [-0.1, -0.05) is 19.1 Å². The summed E-state index contributed by atoms with van der Waals surface area (Å²) in [6.45, 7) is 5.55. The van der Waals surface area contributed by atoms with Crippen LogP contribution >= 0.6 is 0 Å². The van der Waals surface area contributed by atoms with Crippen LogP contribution < -0.4 is 4.31 Å². The Morgan fingerprint density at radius 2 is 2.08 bits per heavy atom. The molecule has 134 valence electrons. The first-order chi connectivity index (χ1) is 11.3. The van der Waals surface area contributed by atoms with Crippen LogP contribution in [0.15, 0.2) is 18.2 Å². The molecule has 1 aromatic rings. The Kier molecular flexibility index (Phi) is 5.18. The van der Waals surface area contributed by atoms with Gasteiger partial charge in [-0.15, -0.1) is 0 Å². The van der Waals surface area contributed by atoms with E-state index in [1.54, 1.807) is 0 Å². The normalized spacial score (nSPS) is 23.8. The second kappa shape index (κ2) is 7.02. The van der Waals surface area contributed by atoms with Gasteiger partial charge in [-0.05, 0) is 55.3 Å². The maximum absolute atomic E-state index is 11.9. The van der Waals surface area contributed by atoms with E-state index in [-0.39, 0.29) is 0 Å². The summed E-state index contributed by atoms with van der Waals surface area (Å²) in [5, 5.41) is 10.6. The van der Waals surface area contributed by atoms with E-state index in [4.69, 9.17) is 0 Å². The quantitative estimate of drug-likeness (QED) is 0.902. The van der Waals surface area contributed by atoms with Crippen LogP contribution in [0.1, 0.15) is 43.4 Å². The van der Waals surface area contributed by atoms with Crippen molar-refractivity contribution < 1.29 is 13.5 Å². The van der Waals surface area contributed by atoms with Gasteiger partial charge in [-0.25, -0.2) is 8.42 Å². The summed E-state index contributed by atoms with van der Waals surface area (Å²) in [6.07, 6.45) is 4.89. The summed E-state index contributed by atoms with van der Waals surface area (Å²) < 4.78 is 25.3. The van der Waals surface area contributed by atoms with E-state index in [1.807, 2.05) is 18.2 Å². The molecule has 0 spiro atoms. The summed E-state index contributed by atoms with van der Waals surface area (Å²) >= 11 is 0. The summed E-state index contributed by atoms with van der Waals surface area (Å²) in [4.78, 5) is 2.33. The van der Waals surface area contributed by atoms with Gasteiger partial charge in [0.1, 0.15) is 0 Å². The van der Waals surface area contributed by atoms with Crippen LogP contribution in [0.25, 0.3) is 0 Å². The Morgan fingerprint density at radius 1 is 1.29 bits per heavy atom. The van der Waals surface area contributed by atoms with Crippen LogP contribution in [-0.2, 0) is 16.4 Å². The molecule has 6 heteroatoms. The maximum Gasteiger partial charge on any atom is 0.232 e. The maximum atomic E-state index is 11.9. The SMILES string of the molecule is C[C@@H]1CCCN(C[C@@H](O)c2ccc3c(c2)CCCN3S(C)(=O)=O)C1. The topological polar surface area (TPSA) is 60.9 Å². The number of aryl methyl sites for hydroxylation is 1. The van der Waals surface area contributed by atoms with Crippen molar-refractivity contribution in [1.82, 2.24) is 4.90 Å². The number of nitrogens with zero attached hydrogens (tertiary/aromatic N) is 2. The number of sulfonamides is 1. The van der Waals surface area contributed by atoms with E-state index >= 15 is 0 Å². The predicted octanol–water partition coefficient (Wildman–Crippen LogP) is 2.16. The second-order valence-electron chi connectivity index (χ2n) is 7.35. The molecule has 0 amide bonds. The van der Waals surface area contributed by atoms with Gasteiger partial charge in [-0.2, -0.15) is 0 Å². The molecule has 0 aromatic heterocycles. The van der Waals surface area contributed by atoms with Crippen molar-refractivity contribution in [2.75, 3.05) is 36.7 Å². The number of aliphatic hydroxyl groups excluding tert-OH is 1. The zero-order valence-electron chi connectivity index (χ0n) is 14.6. The molecule has 1 N–H and O–H groups in total. The van der Waals surface area contributed by atoms with Gasteiger partial charge in [0, 0.05) is 19.6 Å². The highest BCUT2D eigenvalue weighted by Crippen LogP contribution is 2.31. The Hall–Kier alpha value is -1.11. The fraction of sp³-hybridized carbons (Fsp3) is 0.667. The van der Waals surface area contributed by atoms with Gasteiger partial charge in [0.05, 0.1) is 18.0 Å². The zero-order valence-corrected chi connectivity index (χ0v) is 15.4. The Morgan fingerprint density at radius 3 is 2.79 bits per heavy atom. The lowest BCUT2D eigenvalue weighted by Crippen LogP contribution is -2.37. The van der Waals surface area contributed by atoms with Gasteiger partial charge in [0.2, 0.25) is 10.0 Å². The van der Waals surface area contributed by atoms with Crippen LogP contribution in [0, 0.1) is 5.92 Å². The second-order valence-corrected chi connectivity index (χ2v) is 9.26. The van der Waals surface area contributed by atoms with Crippen molar-refractivity contribution in [3.05, 3.63) is 29.3 Å². The number of β-amino-alcohol motifs (C(OH)–C–C–N with tert-alkyl or cyclic N) is 1. The first-order valence-electron chi connectivity index (χ1n) is 8.85. The van der Waals surface area contributed by atoms with Gasteiger partial charge in [0.25, 0.3) is 0 Å². The third kappa shape index (κ3) is 3.92. The number of piperidine rings is 1. The number of aliphatic hydroxyl groups is 1. The van der Waals surface area contributed by atoms with Crippen LogP contribution in [0.4, 0.5) is 5.69 Å². The standard InChI is InChI=1S/C18H28N2O3S/c1-14-5-3-9-19(12-14)13-18(21)16-7-8-17-15(11-16)6-4-10-20(17)24(2,22)23/h7-8,11,14,18,21H,3-6,9-10,12-13H2,1-2H3/t14-,18-/m1/s1. The van der Waals surface area contributed by atoms with Crippen LogP contribution in [0.5, 0.6) is 0 Å². The van der Waals surface area contributed by atoms with E-state index in [2.05, 4.69) is 11.8 Å². The smallest absolute Gasteiger partial charge is 0.232 e. The average Bonchev–Trinajstić information content (AvgIpc) is 2.53. The number of rotatable bonds is 4. The molecule has 0 bridgehead atoms. The molecule has 1 fully saturated rings. The lowest BCUT2D eigenvalue weighted by molar-refractivity contribution is 0.0875. The van der Waals surface area contributed by atoms with Crippen molar-refractivity contribution in [3.63, 3.8) is 0 Å². The summed E-state index contributed by atoms with van der Waals surface area (Å²) in [7, 11) is -3.24. The number of hydrogen-bond donors (Lipinski definition) is 1. The number of hydrogen-bond acceptors (Lipinski definition) is 4. The molecule has 2 heterocycles. The molecule has 0 aliphatic carbocycles. The minimum absolute atomic E-state index is 0.519. The predicted molar refractivity (Wildman–Crippen MR) is 96.8 cm³/mol. The molecule has 1 aromatic carbocycles. The lowest BCUT2D eigenvalue weighted by atomic mass is 9.97. The summed E-state index contributed by atoms with van der Waals surface area (Å²) in [5.74, 6) is 0.692. The van der Waals surface area contributed by atoms with Gasteiger partial charge < -0.3 is 10.0 Å². The van der Waals surface area contributed by atoms with E-state index in [1.165, 1.54) is 23.4 Å². The first kappa shape index (κ1) is 17.7. The van der Waals surface area contributed by atoms with Gasteiger partial charge in [-0.3, -0.25) is 4.31 Å². The molecule has 2 aliphatic heterocycles. The Bertz CT molecular complexity index is 690. The minimum atomic E-state index is -3.24. The molecule has 0 radical (unpaired) electrons. The lowest BCUT2D eigenvalue weighted by Gasteiger charge is -2.33. The molecule has 2 atom stereocenters. The Balaban J connectivity index is 1.76. The van der Waals surface area contributed by atoms with Crippen LogP contribution in [-0.4, -0.2) is 50.9 Å². The van der Waals surface area contributed by atoms with Gasteiger partial charge in [0.15, 0.2) is 0 Å². The number of likely N-dealkylation sites (tertiary alicyclic amines) is 1. The Labute approximate surface area is 145 Å². The molecule has 0 unspecified atom stereocenters. The molecule has 5 nitrogen and oxygen atoms in total. The van der Waals surface area contributed by atoms with Crippen molar-refractivity contribution >= 4 is 15.7 Å². The van der Waals surface area contributed by atoms with E-state index < -0.39 is 16.1 Å². The highest BCUT2D eigenvalue weighted by molar-refractivity contribution is 7.92. The fourth-order valence-electron chi connectivity index (χ4n) is 3.94. The van der Waals surface area contributed by atoms with Crippen molar-refractivity contribution in [2.24, 2.45) is 5.92 Å². The van der Waals surface area contributed by atoms with E-state index in [0.29, 0.717) is 19.0 Å².